The molecule has 0 radical (unpaired) electrons. The van der Waals surface area contributed by atoms with Crippen molar-refractivity contribution in [1.29, 1.82) is 0 Å². The van der Waals surface area contributed by atoms with E-state index in [2.05, 4.69) is 21.0 Å². The van der Waals surface area contributed by atoms with Crippen molar-refractivity contribution < 1.29 is 92.3 Å². The molecule has 1 fully saturated rings. The Kier molecular flexibility index (Phi) is 13.5. The first-order valence-electron chi connectivity index (χ1n) is 16.9. The van der Waals surface area contributed by atoms with Gasteiger partial charge in [0.2, 0.25) is 0 Å². The van der Waals surface area contributed by atoms with Crippen molar-refractivity contribution in [1.82, 2.24) is 0 Å². The minimum Gasteiger partial charge on any atom is -0.326 e. The van der Waals surface area contributed by atoms with Crippen LogP contribution >= 0.6 is 0 Å². The molecular weight excluding hydrogens is 837 g/mol. The van der Waals surface area contributed by atoms with E-state index in [-0.39, 0.29) is 0 Å². The summed E-state index contributed by atoms with van der Waals surface area (Å²) in [7, 11) is 4.84. The van der Waals surface area contributed by atoms with Gasteiger partial charge >= 0.3 is 0 Å². The minimum atomic E-state index is -7.22. The van der Waals surface area contributed by atoms with Gasteiger partial charge in [-0.1, -0.05) is 19.8 Å². The monoisotopic (exact) mass is 863 g/mol. The van der Waals surface area contributed by atoms with Crippen LogP contribution in [-0.4, -0.2) is 37.3 Å². The van der Waals surface area contributed by atoms with Gasteiger partial charge in [-0.2, -0.15) is 0 Å². The largest absolute Gasteiger partial charge is 0.326 e. The van der Waals surface area contributed by atoms with Gasteiger partial charge in [0.05, 0.1) is 26.7 Å². The van der Waals surface area contributed by atoms with Crippen LogP contribution in [0.4, 0.5) is 87.8 Å². The van der Waals surface area contributed by atoms with Crippen LogP contribution in [0.15, 0.2) is 0 Å². The molecule has 0 amide bonds. The Morgan fingerprint density at radius 1 is 0.362 bits per heavy atom. The second-order valence-corrected chi connectivity index (χ2v) is 13.9. The summed E-state index contributed by atoms with van der Waals surface area (Å²) in [5.74, 6) is -71.4. The van der Waals surface area contributed by atoms with Crippen LogP contribution < -0.4 is 21.9 Å². The first-order valence-corrected chi connectivity index (χ1v) is 16.9. The third kappa shape index (κ3) is 7.26. The number of quaternary nitrogens is 1. The van der Waals surface area contributed by atoms with Gasteiger partial charge in [0.1, 0.15) is 52.7 Å². The zero-order valence-corrected chi connectivity index (χ0v) is 29.8. The van der Waals surface area contributed by atoms with E-state index in [4.69, 9.17) is 0 Å². The maximum atomic E-state index is 15.4. The fourth-order valence-electron chi connectivity index (χ4n) is 7.40. The number of halogens is 20. The Balaban J connectivity index is 0.000000486. The van der Waals surface area contributed by atoms with Gasteiger partial charge in [-0.15, -0.1) is 21.9 Å². The Bertz CT molecular complexity index is 1870. The van der Waals surface area contributed by atoms with E-state index in [0.717, 1.165) is 6.04 Å². The van der Waals surface area contributed by atoms with Crippen molar-refractivity contribution in [2.45, 2.75) is 57.9 Å². The quantitative estimate of drug-likeness (QED) is 0.0546. The number of benzene rings is 4. The summed E-state index contributed by atoms with van der Waals surface area (Å²) in [6, 6.07) is 0.959. The lowest BCUT2D eigenvalue weighted by molar-refractivity contribution is -0.916. The molecule has 0 N–H and O–H groups in total. The van der Waals surface area contributed by atoms with Gasteiger partial charge in [-0.05, 0) is 32.1 Å². The molecule has 0 heterocycles. The summed E-state index contributed by atoms with van der Waals surface area (Å²) in [5, 5.41) is 0. The van der Waals surface area contributed by atoms with Crippen molar-refractivity contribution in [3.63, 3.8) is 0 Å². The highest BCUT2D eigenvalue weighted by molar-refractivity contribution is 7.20. The van der Waals surface area contributed by atoms with Crippen molar-refractivity contribution in [3.8, 4) is 0 Å². The molecule has 58 heavy (non-hydrogen) atoms. The van der Waals surface area contributed by atoms with E-state index in [1.165, 1.54) is 56.0 Å². The molecular formula is C36H26BF20N. The molecule has 22 heteroatoms. The topological polar surface area (TPSA) is 0 Å². The molecule has 0 unspecified atom stereocenters. The predicted octanol–water partition coefficient (Wildman–Crippen LogP) is 9.04. The Labute approximate surface area is 315 Å². The van der Waals surface area contributed by atoms with Crippen LogP contribution in [0.3, 0.4) is 0 Å². The molecule has 4 aromatic rings. The lowest BCUT2D eigenvalue weighted by Gasteiger charge is -2.44. The molecule has 0 spiro atoms. The molecule has 1 aliphatic carbocycles. The minimum absolute atomic E-state index is 0.959. The average molecular weight is 863 g/mol. The van der Waals surface area contributed by atoms with E-state index in [9.17, 15) is 52.7 Å². The number of unbranched alkanes of at least 4 members (excludes halogenated alkanes) is 1. The van der Waals surface area contributed by atoms with Crippen LogP contribution in [0.5, 0.6) is 0 Å². The van der Waals surface area contributed by atoms with Crippen molar-refractivity contribution in [2.75, 3.05) is 20.6 Å². The molecule has 0 atom stereocenters. The summed E-state index contributed by atoms with van der Waals surface area (Å²) in [6.07, 6.45) is 2.87. The number of hydrogen-bond donors (Lipinski definition) is 0. The van der Waals surface area contributed by atoms with E-state index in [1.807, 2.05) is 0 Å². The van der Waals surface area contributed by atoms with Crippen LogP contribution in [0.1, 0.15) is 51.9 Å². The maximum Gasteiger partial charge on any atom is 0.200 e. The highest BCUT2D eigenvalue weighted by atomic mass is 19.2. The molecule has 0 aliphatic heterocycles. The van der Waals surface area contributed by atoms with Crippen LogP contribution in [0.2, 0.25) is 0 Å². The summed E-state index contributed by atoms with van der Waals surface area (Å²) >= 11 is 0. The van der Waals surface area contributed by atoms with Gasteiger partial charge in [0.25, 0.3) is 0 Å². The van der Waals surface area contributed by atoms with Gasteiger partial charge < -0.3 is 4.48 Å². The van der Waals surface area contributed by atoms with E-state index in [0.29, 0.717) is 0 Å². The Morgan fingerprint density at radius 3 is 0.776 bits per heavy atom. The summed E-state index contributed by atoms with van der Waals surface area (Å²) < 4.78 is 295. The SMILES string of the molecule is CCCC[N+](C)(C)C1CCCCC1.Fc1c(F)c(F)c([B-](c2c(F)c(F)c(F)c(F)c2F)(c2c(F)c(F)c(F)c(F)c2F)c2c(F)c(F)c(F)c(F)c2F)c(F)c1F. The van der Waals surface area contributed by atoms with Crippen molar-refractivity contribution in [2.24, 2.45) is 0 Å². The van der Waals surface area contributed by atoms with Gasteiger partial charge in [-0.25, -0.2) is 87.8 Å². The molecule has 1 nitrogen and oxygen atoms in total. The van der Waals surface area contributed by atoms with Crippen LogP contribution in [-0.2, 0) is 0 Å². The zero-order valence-electron chi connectivity index (χ0n) is 29.8. The van der Waals surface area contributed by atoms with E-state index >= 15 is 35.1 Å². The van der Waals surface area contributed by atoms with E-state index < -0.39 is 144 Å². The molecule has 0 bridgehead atoms. The fraction of sp³-hybridized carbons (Fsp3) is 0.333. The second kappa shape index (κ2) is 17.0. The Hall–Kier alpha value is -4.50. The van der Waals surface area contributed by atoms with Gasteiger partial charge in [0, 0.05) is 0 Å². The molecule has 1 saturated carbocycles. The highest BCUT2D eigenvalue weighted by Crippen LogP contribution is 2.31. The van der Waals surface area contributed by atoms with E-state index in [1.54, 1.807) is 0 Å². The Morgan fingerprint density at radius 2 is 0.569 bits per heavy atom. The summed E-state index contributed by atoms with van der Waals surface area (Å²) in [6.45, 7) is 3.67. The number of hydrogen-bond acceptors (Lipinski definition) is 0. The molecule has 0 aromatic heterocycles. The lowest BCUT2D eigenvalue weighted by Crippen LogP contribution is -2.81. The normalized spacial score (nSPS) is 13.9. The average Bonchev–Trinajstić information content (AvgIpc) is 3.20. The predicted molar refractivity (Wildman–Crippen MR) is 168 cm³/mol. The summed E-state index contributed by atoms with van der Waals surface area (Å²) in [4.78, 5) is 0. The standard InChI is InChI=1S/C24BF20.C12H26N/c26-5-1(6(27)14(35)21(42)13(5)34)25(2-7(28)15(36)22(43)16(37)8(2)29,3-9(30)17(38)23(44)18(39)10(3)31)4-11(32)19(40)24(45)20(41)12(4)33;1-4-5-11-13(2,3)12-9-7-6-8-10-12/h;12H,4-11H2,1-3H3/q-1;+1. The van der Waals surface area contributed by atoms with Crippen LogP contribution in [0.25, 0.3) is 0 Å². The van der Waals surface area contributed by atoms with Gasteiger partial charge in [0.15, 0.2) is 69.8 Å². The van der Waals surface area contributed by atoms with Crippen molar-refractivity contribution in [3.05, 3.63) is 116 Å². The molecule has 1 aliphatic rings. The first-order chi connectivity index (χ1) is 26.9. The molecule has 318 valence electrons. The second-order valence-electron chi connectivity index (χ2n) is 13.9. The van der Waals surface area contributed by atoms with Crippen molar-refractivity contribution >= 4 is 28.0 Å². The third-order valence-electron chi connectivity index (χ3n) is 10.4. The van der Waals surface area contributed by atoms with Crippen LogP contribution in [0, 0.1) is 116 Å². The fourth-order valence-corrected chi connectivity index (χ4v) is 7.40. The van der Waals surface area contributed by atoms with Gasteiger partial charge in [-0.3, -0.25) is 0 Å². The highest BCUT2D eigenvalue weighted by Gasteiger charge is 2.52. The molecule has 4 aromatic carbocycles. The first kappa shape index (κ1) is 46.2. The maximum absolute atomic E-state index is 15.4. The zero-order chi connectivity index (χ0) is 44.1. The smallest absolute Gasteiger partial charge is 0.200 e. The lowest BCUT2D eigenvalue weighted by atomic mass is 9.12. The molecule has 0 saturated heterocycles. The number of nitrogens with zero attached hydrogens (tertiary/aromatic N) is 1. The number of rotatable bonds is 8. The third-order valence-corrected chi connectivity index (χ3v) is 10.4. The summed E-state index contributed by atoms with van der Waals surface area (Å²) in [5.41, 5.74) is -14.3. The molecule has 5 rings (SSSR count).